The summed E-state index contributed by atoms with van der Waals surface area (Å²) in [5, 5.41) is 9.26. The lowest BCUT2D eigenvalue weighted by molar-refractivity contribution is -0.136. The SMILES string of the molecule is CCc1nccn1-c1cc(-c2ccccc2)cc(CC(=O)O)c1C. The Morgan fingerprint density at radius 2 is 1.92 bits per heavy atom. The zero-order chi connectivity index (χ0) is 17.1. The molecule has 0 aliphatic carbocycles. The number of aliphatic carboxylic acids is 1. The van der Waals surface area contributed by atoms with E-state index in [4.69, 9.17) is 0 Å². The molecule has 1 N–H and O–H groups in total. The summed E-state index contributed by atoms with van der Waals surface area (Å²) in [7, 11) is 0. The maximum absolute atomic E-state index is 11.3. The van der Waals surface area contributed by atoms with Gasteiger partial charge >= 0.3 is 5.97 Å². The Balaban J connectivity index is 2.22. The molecule has 122 valence electrons. The van der Waals surface area contributed by atoms with Gasteiger partial charge in [-0.1, -0.05) is 43.3 Å². The van der Waals surface area contributed by atoms with Crippen molar-refractivity contribution < 1.29 is 9.90 Å². The Labute approximate surface area is 141 Å². The molecule has 2 aromatic carbocycles. The van der Waals surface area contributed by atoms with E-state index in [-0.39, 0.29) is 6.42 Å². The summed E-state index contributed by atoms with van der Waals surface area (Å²) >= 11 is 0. The van der Waals surface area contributed by atoms with Crippen LogP contribution in [-0.4, -0.2) is 20.6 Å². The van der Waals surface area contributed by atoms with E-state index in [9.17, 15) is 9.90 Å². The van der Waals surface area contributed by atoms with Crippen molar-refractivity contribution in [1.29, 1.82) is 0 Å². The molecular formula is C20H20N2O2. The number of benzene rings is 2. The second-order valence-electron chi connectivity index (χ2n) is 5.78. The van der Waals surface area contributed by atoms with E-state index in [1.54, 1.807) is 6.20 Å². The van der Waals surface area contributed by atoms with Crippen LogP contribution in [0.25, 0.3) is 16.8 Å². The molecule has 0 saturated heterocycles. The molecule has 0 unspecified atom stereocenters. The molecule has 24 heavy (non-hydrogen) atoms. The molecule has 1 aromatic heterocycles. The van der Waals surface area contributed by atoms with Gasteiger partial charge in [0.15, 0.2) is 0 Å². The summed E-state index contributed by atoms with van der Waals surface area (Å²) in [5.74, 6) is 0.139. The number of carboxylic acids is 1. The van der Waals surface area contributed by atoms with Crippen LogP contribution in [-0.2, 0) is 17.6 Å². The van der Waals surface area contributed by atoms with E-state index < -0.39 is 5.97 Å². The molecule has 0 bridgehead atoms. The first-order valence-corrected chi connectivity index (χ1v) is 8.03. The second kappa shape index (κ2) is 6.71. The highest BCUT2D eigenvalue weighted by molar-refractivity contribution is 5.75. The van der Waals surface area contributed by atoms with Crippen LogP contribution in [0.4, 0.5) is 0 Å². The Bertz CT molecular complexity index is 867. The number of hydrogen-bond donors (Lipinski definition) is 1. The smallest absolute Gasteiger partial charge is 0.307 e. The number of rotatable bonds is 5. The van der Waals surface area contributed by atoms with E-state index in [1.807, 2.05) is 54.1 Å². The van der Waals surface area contributed by atoms with Crippen LogP contribution in [0.3, 0.4) is 0 Å². The summed E-state index contributed by atoms with van der Waals surface area (Å²) in [4.78, 5) is 15.7. The molecule has 3 aromatic rings. The van der Waals surface area contributed by atoms with Crippen LogP contribution in [0.1, 0.15) is 23.9 Å². The Kier molecular flexibility index (Phi) is 4.47. The molecule has 0 radical (unpaired) electrons. The lowest BCUT2D eigenvalue weighted by Gasteiger charge is -2.16. The van der Waals surface area contributed by atoms with E-state index >= 15 is 0 Å². The van der Waals surface area contributed by atoms with E-state index in [1.165, 1.54) is 0 Å². The van der Waals surface area contributed by atoms with Gasteiger partial charge in [0.1, 0.15) is 5.82 Å². The molecule has 0 atom stereocenters. The largest absolute Gasteiger partial charge is 0.481 e. The molecule has 0 amide bonds. The molecule has 0 aliphatic heterocycles. The molecule has 4 nitrogen and oxygen atoms in total. The van der Waals surface area contributed by atoms with Gasteiger partial charge < -0.3 is 9.67 Å². The number of carbonyl (C=O) groups is 1. The van der Waals surface area contributed by atoms with Gasteiger partial charge in [0.2, 0.25) is 0 Å². The zero-order valence-corrected chi connectivity index (χ0v) is 13.9. The lowest BCUT2D eigenvalue weighted by atomic mass is 9.96. The van der Waals surface area contributed by atoms with Crippen molar-refractivity contribution >= 4 is 5.97 Å². The maximum atomic E-state index is 11.3. The predicted octanol–water partition coefficient (Wildman–Crippen LogP) is 4.04. The first-order chi connectivity index (χ1) is 11.6. The third-order valence-corrected chi connectivity index (χ3v) is 4.23. The van der Waals surface area contributed by atoms with Gasteiger partial charge in [-0.15, -0.1) is 0 Å². The van der Waals surface area contributed by atoms with Gasteiger partial charge in [-0.2, -0.15) is 0 Å². The molecule has 4 heteroatoms. The predicted molar refractivity (Wildman–Crippen MR) is 94.5 cm³/mol. The standard InChI is InChI=1S/C20H20N2O2/c1-3-19-21-9-10-22(19)18-12-17(15-7-5-4-6-8-15)11-16(14(18)2)13-20(23)24/h4-12H,3,13H2,1-2H3,(H,23,24). The average molecular weight is 320 g/mol. The minimum atomic E-state index is -0.824. The number of hydrogen-bond acceptors (Lipinski definition) is 2. The molecule has 0 fully saturated rings. The van der Waals surface area contributed by atoms with E-state index in [0.29, 0.717) is 0 Å². The van der Waals surface area contributed by atoms with Gasteiger partial charge in [-0.25, -0.2) is 4.98 Å². The van der Waals surface area contributed by atoms with Gasteiger partial charge in [0.05, 0.1) is 12.1 Å². The normalized spacial score (nSPS) is 10.8. The van der Waals surface area contributed by atoms with Crippen molar-refractivity contribution in [3.63, 3.8) is 0 Å². The minimum Gasteiger partial charge on any atom is -0.481 e. The summed E-state index contributed by atoms with van der Waals surface area (Å²) in [6.45, 7) is 4.04. The second-order valence-corrected chi connectivity index (χ2v) is 5.78. The van der Waals surface area contributed by atoms with E-state index in [0.717, 1.165) is 40.2 Å². The number of nitrogens with zero attached hydrogens (tertiary/aromatic N) is 2. The summed E-state index contributed by atoms with van der Waals surface area (Å²) in [5.41, 5.74) is 4.88. The fourth-order valence-electron chi connectivity index (χ4n) is 2.97. The molecule has 0 aliphatic rings. The van der Waals surface area contributed by atoms with Crippen LogP contribution in [0, 0.1) is 6.92 Å². The van der Waals surface area contributed by atoms with Crippen molar-refractivity contribution in [3.05, 3.63) is 71.8 Å². The van der Waals surface area contributed by atoms with Gasteiger partial charge in [-0.05, 0) is 35.2 Å². The number of aryl methyl sites for hydroxylation is 1. The van der Waals surface area contributed by atoms with Crippen LogP contribution in [0.15, 0.2) is 54.9 Å². The molecular weight excluding hydrogens is 300 g/mol. The number of imidazole rings is 1. The zero-order valence-electron chi connectivity index (χ0n) is 13.9. The number of aromatic nitrogens is 2. The van der Waals surface area contributed by atoms with E-state index in [2.05, 4.69) is 18.0 Å². The fraction of sp³-hybridized carbons (Fsp3) is 0.200. The summed E-state index contributed by atoms with van der Waals surface area (Å²) in [6.07, 6.45) is 4.54. The first kappa shape index (κ1) is 16.0. The highest BCUT2D eigenvalue weighted by Gasteiger charge is 2.14. The van der Waals surface area contributed by atoms with Crippen molar-refractivity contribution in [2.45, 2.75) is 26.7 Å². The summed E-state index contributed by atoms with van der Waals surface area (Å²) in [6, 6.07) is 14.1. The van der Waals surface area contributed by atoms with Crippen molar-refractivity contribution in [3.8, 4) is 16.8 Å². The molecule has 0 spiro atoms. The van der Waals surface area contributed by atoms with Crippen molar-refractivity contribution in [2.24, 2.45) is 0 Å². The fourth-order valence-corrected chi connectivity index (χ4v) is 2.97. The highest BCUT2D eigenvalue weighted by atomic mass is 16.4. The number of carboxylic acid groups (broad SMARTS) is 1. The quantitative estimate of drug-likeness (QED) is 0.772. The lowest BCUT2D eigenvalue weighted by Crippen LogP contribution is -2.07. The Morgan fingerprint density at radius 1 is 1.17 bits per heavy atom. The molecule has 3 rings (SSSR count). The minimum absolute atomic E-state index is 0.00959. The summed E-state index contributed by atoms with van der Waals surface area (Å²) < 4.78 is 2.05. The van der Waals surface area contributed by atoms with Crippen LogP contribution in [0.2, 0.25) is 0 Å². The first-order valence-electron chi connectivity index (χ1n) is 8.03. The van der Waals surface area contributed by atoms with Crippen LogP contribution >= 0.6 is 0 Å². The van der Waals surface area contributed by atoms with Gasteiger partial charge in [0, 0.05) is 18.8 Å². The Hall–Kier alpha value is -2.88. The maximum Gasteiger partial charge on any atom is 0.307 e. The van der Waals surface area contributed by atoms with Crippen molar-refractivity contribution in [1.82, 2.24) is 9.55 Å². The molecule has 0 saturated carbocycles. The third-order valence-electron chi connectivity index (χ3n) is 4.23. The van der Waals surface area contributed by atoms with Gasteiger partial charge in [0.25, 0.3) is 0 Å². The average Bonchev–Trinajstić information content (AvgIpc) is 3.05. The third kappa shape index (κ3) is 3.08. The van der Waals surface area contributed by atoms with Gasteiger partial charge in [-0.3, -0.25) is 4.79 Å². The topological polar surface area (TPSA) is 55.1 Å². The molecule has 1 heterocycles. The Morgan fingerprint density at radius 3 is 2.58 bits per heavy atom. The van der Waals surface area contributed by atoms with Crippen LogP contribution < -0.4 is 0 Å². The van der Waals surface area contributed by atoms with Crippen LogP contribution in [0.5, 0.6) is 0 Å². The van der Waals surface area contributed by atoms with Crippen molar-refractivity contribution in [2.75, 3.05) is 0 Å². The monoisotopic (exact) mass is 320 g/mol. The highest BCUT2D eigenvalue weighted by Crippen LogP contribution is 2.29.